The second kappa shape index (κ2) is 9.83. The SMILES string of the molecule is CO[C@H](CN1CCN(CC[C@@H](O)c2ccccc2)CC1)c1ccccc1. The molecule has 0 aliphatic carbocycles. The molecule has 0 spiro atoms. The molecule has 3 rings (SSSR count). The van der Waals surface area contributed by atoms with E-state index in [0.717, 1.165) is 51.3 Å². The average molecular weight is 354 g/mol. The lowest BCUT2D eigenvalue weighted by Crippen LogP contribution is -2.47. The molecule has 1 N–H and O–H groups in total. The smallest absolute Gasteiger partial charge is 0.0947 e. The molecule has 1 aliphatic rings. The second-order valence-electron chi connectivity index (χ2n) is 6.99. The van der Waals surface area contributed by atoms with Gasteiger partial charge in [-0.05, 0) is 17.5 Å². The number of rotatable bonds is 8. The van der Waals surface area contributed by atoms with Gasteiger partial charge >= 0.3 is 0 Å². The van der Waals surface area contributed by atoms with Crippen molar-refractivity contribution >= 4 is 0 Å². The minimum atomic E-state index is -0.370. The Labute approximate surface area is 157 Å². The lowest BCUT2D eigenvalue weighted by Gasteiger charge is -2.36. The maximum Gasteiger partial charge on any atom is 0.0947 e. The summed E-state index contributed by atoms with van der Waals surface area (Å²) in [6.07, 6.45) is 0.544. The Kier molecular flexibility index (Phi) is 7.21. The zero-order valence-electron chi connectivity index (χ0n) is 15.6. The molecule has 2 aromatic rings. The predicted octanol–water partition coefficient (Wildman–Crippen LogP) is 3.12. The van der Waals surface area contributed by atoms with Crippen LogP contribution in [0.4, 0.5) is 0 Å². The molecule has 0 aromatic heterocycles. The third kappa shape index (κ3) is 5.39. The predicted molar refractivity (Wildman–Crippen MR) is 105 cm³/mol. The summed E-state index contributed by atoms with van der Waals surface area (Å²) in [5, 5.41) is 10.3. The van der Waals surface area contributed by atoms with Crippen molar-refractivity contribution in [2.45, 2.75) is 18.6 Å². The first-order valence-electron chi connectivity index (χ1n) is 9.51. The van der Waals surface area contributed by atoms with Gasteiger partial charge in [0.25, 0.3) is 0 Å². The molecule has 1 aliphatic heterocycles. The van der Waals surface area contributed by atoms with E-state index in [9.17, 15) is 5.11 Å². The number of hydrogen-bond acceptors (Lipinski definition) is 4. The maximum absolute atomic E-state index is 10.3. The Morgan fingerprint density at radius 1 is 0.846 bits per heavy atom. The van der Waals surface area contributed by atoms with Gasteiger partial charge < -0.3 is 14.7 Å². The zero-order chi connectivity index (χ0) is 18.2. The first kappa shape index (κ1) is 19.1. The van der Waals surface area contributed by atoms with Crippen LogP contribution >= 0.6 is 0 Å². The molecule has 1 saturated heterocycles. The van der Waals surface area contributed by atoms with Crippen molar-refractivity contribution < 1.29 is 9.84 Å². The van der Waals surface area contributed by atoms with Gasteiger partial charge in [0.05, 0.1) is 12.2 Å². The lowest BCUT2D eigenvalue weighted by molar-refractivity contribution is 0.0387. The maximum atomic E-state index is 10.3. The summed E-state index contributed by atoms with van der Waals surface area (Å²) in [4.78, 5) is 4.93. The number of ether oxygens (including phenoxy) is 1. The fourth-order valence-electron chi connectivity index (χ4n) is 3.56. The van der Waals surface area contributed by atoms with Crippen LogP contribution in [0.2, 0.25) is 0 Å². The highest BCUT2D eigenvalue weighted by Gasteiger charge is 2.21. The van der Waals surface area contributed by atoms with Gasteiger partial charge in [-0.1, -0.05) is 60.7 Å². The summed E-state index contributed by atoms with van der Waals surface area (Å²) >= 11 is 0. The van der Waals surface area contributed by atoms with Crippen LogP contribution in [0.15, 0.2) is 60.7 Å². The van der Waals surface area contributed by atoms with Gasteiger partial charge in [0, 0.05) is 46.4 Å². The summed E-state index contributed by atoms with van der Waals surface area (Å²) < 4.78 is 5.71. The van der Waals surface area contributed by atoms with Crippen molar-refractivity contribution in [2.24, 2.45) is 0 Å². The molecule has 0 radical (unpaired) electrons. The van der Waals surface area contributed by atoms with E-state index >= 15 is 0 Å². The molecule has 4 nitrogen and oxygen atoms in total. The van der Waals surface area contributed by atoms with E-state index in [1.165, 1.54) is 5.56 Å². The van der Waals surface area contributed by atoms with Gasteiger partial charge in [-0.25, -0.2) is 0 Å². The summed E-state index contributed by atoms with van der Waals surface area (Å²) in [5.41, 5.74) is 2.25. The monoisotopic (exact) mass is 354 g/mol. The minimum absolute atomic E-state index is 0.127. The van der Waals surface area contributed by atoms with E-state index in [4.69, 9.17) is 4.74 Å². The minimum Gasteiger partial charge on any atom is -0.388 e. The Hall–Kier alpha value is -1.72. The number of nitrogens with zero attached hydrogens (tertiary/aromatic N) is 2. The van der Waals surface area contributed by atoms with Gasteiger partial charge in [0.15, 0.2) is 0 Å². The third-order valence-electron chi connectivity index (χ3n) is 5.25. The van der Waals surface area contributed by atoms with Crippen LogP contribution in [0.5, 0.6) is 0 Å². The van der Waals surface area contributed by atoms with Gasteiger partial charge in [-0.15, -0.1) is 0 Å². The zero-order valence-corrected chi connectivity index (χ0v) is 15.6. The number of aliphatic hydroxyl groups is 1. The number of methoxy groups -OCH3 is 1. The molecule has 1 fully saturated rings. The number of benzene rings is 2. The fourth-order valence-corrected chi connectivity index (χ4v) is 3.56. The van der Waals surface area contributed by atoms with Crippen LogP contribution < -0.4 is 0 Å². The highest BCUT2D eigenvalue weighted by molar-refractivity contribution is 5.18. The topological polar surface area (TPSA) is 35.9 Å². The van der Waals surface area contributed by atoms with Gasteiger partial charge in [-0.2, -0.15) is 0 Å². The first-order valence-corrected chi connectivity index (χ1v) is 9.51. The van der Waals surface area contributed by atoms with Gasteiger partial charge in [0.2, 0.25) is 0 Å². The Morgan fingerprint density at radius 3 is 1.96 bits per heavy atom. The van der Waals surface area contributed by atoms with Crippen LogP contribution in [-0.2, 0) is 4.74 Å². The average Bonchev–Trinajstić information content (AvgIpc) is 2.72. The standard InChI is InChI=1S/C22H30N2O2/c1-26-22(20-10-6-3-7-11-20)18-24-16-14-23(15-17-24)13-12-21(25)19-8-4-2-5-9-19/h2-11,21-22,25H,12-18H2,1H3/t21-,22-/m1/s1. The highest BCUT2D eigenvalue weighted by atomic mass is 16.5. The summed E-state index contributed by atoms with van der Waals surface area (Å²) in [7, 11) is 1.79. The van der Waals surface area contributed by atoms with Crippen molar-refractivity contribution in [3.05, 3.63) is 71.8 Å². The molecule has 4 heteroatoms. The Morgan fingerprint density at radius 2 is 1.38 bits per heavy atom. The summed E-state index contributed by atoms with van der Waals surface area (Å²) in [6, 6.07) is 20.4. The molecule has 0 amide bonds. The molecule has 2 aromatic carbocycles. The lowest BCUT2D eigenvalue weighted by atomic mass is 10.1. The van der Waals surface area contributed by atoms with Gasteiger partial charge in [-0.3, -0.25) is 4.90 Å². The van der Waals surface area contributed by atoms with Crippen molar-refractivity contribution in [1.82, 2.24) is 9.80 Å². The summed E-state index contributed by atoms with van der Waals surface area (Å²) in [5.74, 6) is 0. The van der Waals surface area contributed by atoms with Crippen LogP contribution in [0, 0.1) is 0 Å². The Bertz CT molecular complexity index is 627. The van der Waals surface area contributed by atoms with Crippen LogP contribution in [0.25, 0.3) is 0 Å². The van der Waals surface area contributed by atoms with E-state index in [1.807, 2.05) is 36.4 Å². The van der Waals surface area contributed by atoms with Crippen molar-refractivity contribution in [2.75, 3.05) is 46.4 Å². The van der Waals surface area contributed by atoms with E-state index < -0.39 is 0 Å². The third-order valence-corrected chi connectivity index (χ3v) is 5.25. The molecule has 0 saturated carbocycles. The largest absolute Gasteiger partial charge is 0.388 e. The second-order valence-corrected chi connectivity index (χ2v) is 6.99. The molecule has 26 heavy (non-hydrogen) atoms. The summed E-state index contributed by atoms with van der Waals surface area (Å²) in [6.45, 7) is 6.07. The van der Waals surface area contributed by atoms with Crippen molar-refractivity contribution in [1.29, 1.82) is 0 Å². The molecular weight excluding hydrogens is 324 g/mol. The van der Waals surface area contributed by atoms with E-state index in [0.29, 0.717) is 0 Å². The van der Waals surface area contributed by atoms with E-state index in [-0.39, 0.29) is 12.2 Å². The molecule has 2 atom stereocenters. The number of hydrogen-bond donors (Lipinski definition) is 1. The molecular formula is C22H30N2O2. The van der Waals surface area contributed by atoms with Crippen molar-refractivity contribution in [3.63, 3.8) is 0 Å². The molecule has 1 heterocycles. The fraction of sp³-hybridized carbons (Fsp3) is 0.455. The van der Waals surface area contributed by atoms with Crippen LogP contribution in [-0.4, -0.2) is 61.3 Å². The number of piperazine rings is 1. The molecule has 0 unspecified atom stereocenters. The van der Waals surface area contributed by atoms with E-state index in [1.54, 1.807) is 7.11 Å². The van der Waals surface area contributed by atoms with Crippen molar-refractivity contribution in [3.8, 4) is 0 Å². The highest BCUT2D eigenvalue weighted by Crippen LogP contribution is 2.20. The van der Waals surface area contributed by atoms with Crippen LogP contribution in [0.3, 0.4) is 0 Å². The van der Waals surface area contributed by atoms with Gasteiger partial charge in [0.1, 0.15) is 0 Å². The molecule has 140 valence electrons. The Balaban J connectivity index is 1.41. The quantitative estimate of drug-likeness (QED) is 0.790. The normalized spacial score (nSPS) is 18.5. The number of aliphatic hydroxyl groups excluding tert-OH is 1. The first-order chi connectivity index (χ1) is 12.8. The molecule has 0 bridgehead atoms. The van der Waals surface area contributed by atoms with E-state index in [2.05, 4.69) is 34.1 Å². The van der Waals surface area contributed by atoms with Crippen LogP contribution in [0.1, 0.15) is 29.8 Å².